The SMILES string of the molecule is O=C(Nc1c[nH]c2ncc(F)cc12)n1ccnc1. The van der Waals surface area contributed by atoms with Crippen molar-refractivity contribution in [1.82, 2.24) is 19.5 Å². The fourth-order valence-corrected chi connectivity index (χ4v) is 1.64. The molecule has 0 fully saturated rings. The Kier molecular flexibility index (Phi) is 2.30. The normalized spacial score (nSPS) is 10.7. The molecule has 2 N–H and O–H groups in total. The molecule has 0 atom stereocenters. The minimum Gasteiger partial charge on any atom is -0.344 e. The summed E-state index contributed by atoms with van der Waals surface area (Å²) in [5.74, 6) is -0.458. The summed E-state index contributed by atoms with van der Waals surface area (Å²) in [5, 5.41) is 3.16. The number of amides is 1. The number of nitrogens with one attached hydrogen (secondary N) is 2. The van der Waals surface area contributed by atoms with Gasteiger partial charge in [0, 0.05) is 24.0 Å². The minimum atomic E-state index is -0.458. The van der Waals surface area contributed by atoms with Gasteiger partial charge in [0.2, 0.25) is 0 Å². The van der Waals surface area contributed by atoms with Crippen LogP contribution in [0.25, 0.3) is 11.0 Å². The zero-order valence-electron chi connectivity index (χ0n) is 9.09. The van der Waals surface area contributed by atoms with Gasteiger partial charge in [-0.15, -0.1) is 0 Å². The Morgan fingerprint density at radius 3 is 3.17 bits per heavy atom. The first-order valence-corrected chi connectivity index (χ1v) is 5.16. The van der Waals surface area contributed by atoms with Gasteiger partial charge < -0.3 is 10.3 Å². The molecule has 0 aliphatic heterocycles. The van der Waals surface area contributed by atoms with Gasteiger partial charge in [-0.1, -0.05) is 0 Å². The van der Waals surface area contributed by atoms with E-state index in [0.717, 1.165) is 6.20 Å². The summed E-state index contributed by atoms with van der Waals surface area (Å²) in [6.07, 6.45) is 7.06. The van der Waals surface area contributed by atoms with E-state index in [9.17, 15) is 9.18 Å². The molecule has 0 saturated carbocycles. The summed E-state index contributed by atoms with van der Waals surface area (Å²) < 4.78 is 14.4. The second kappa shape index (κ2) is 3.95. The number of anilines is 1. The third-order valence-corrected chi connectivity index (χ3v) is 2.48. The lowest BCUT2D eigenvalue weighted by Crippen LogP contribution is -2.17. The maximum absolute atomic E-state index is 13.1. The molecule has 0 radical (unpaired) electrons. The molecule has 18 heavy (non-hydrogen) atoms. The van der Waals surface area contributed by atoms with Crippen molar-refractivity contribution >= 4 is 22.8 Å². The number of imidazole rings is 1. The molecule has 3 aromatic rings. The summed E-state index contributed by atoms with van der Waals surface area (Å²) in [7, 11) is 0. The zero-order valence-corrected chi connectivity index (χ0v) is 9.09. The molecule has 3 heterocycles. The molecule has 0 aromatic carbocycles. The molecule has 0 unspecified atom stereocenters. The smallest absolute Gasteiger partial charge is 0.331 e. The molecule has 0 aliphatic carbocycles. The molecule has 3 aromatic heterocycles. The van der Waals surface area contributed by atoms with Crippen LogP contribution in [0.1, 0.15) is 0 Å². The summed E-state index contributed by atoms with van der Waals surface area (Å²) >= 11 is 0. The number of H-pyrrole nitrogens is 1. The Morgan fingerprint density at radius 1 is 1.50 bits per heavy atom. The van der Waals surface area contributed by atoms with Gasteiger partial charge in [-0.2, -0.15) is 0 Å². The van der Waals surface area contributed by atoms with E-state index in [1.165, 1.54) is 29.4 Å². The van der Waals surface area contributed by atoms with Crippen LogP contribution in [0.15, 0.2) is 37.2 Å². The van der Waals surface area contributed by atoms with E-state index in [1.54, 1.807) is 6.20 Å². The van der Waals surface area contributed by atoms with Crippen molar-refractivity contribution in [3.05, 3.63) is 43.0 Å². The van der Waals surface area contributed by atoms with Crippen molar-refractivity contribution < 1.29 is 9.18 Å². The van der Waals surface area contributed by atoms with Crippen LogP contribution < -0.4 is 5.32 Å². The summed E-state index contributed by atoms with van der Waals surface area (Å²) in [4.78, 5) is 22.3. The van der Waals surface area contributed by atoms with Gasteiger partial charge in [0.25, 0.3) is 0 Å². The van der Waals surface area contributed by atoms with Gasteiger partial charge >= 0.3 is 6.03 Å². The van der Waals surface area contributed by atoms with E-state index in [2.05, 4.69) is 20.3 Å². The number of fused-ring (bicyclic) bond motifs is 1. The number of halogens is 1. The van der Waals surface area contributed by atoms with Gasteiger partial charge in [-0.25, -0.2) is 19.2 Å². The van der Waals surface area contributed by atoms with Gasteiger partial charge in [0.05, 0.1) is 11.9 Å². The van der Waals surface area contributed by atoms with E-state index in [4.69, 9.17) is 0 Å². The standard InChI is InChI=1S/C11H8FN5O/c12-7-3-8-9(5-15-10(8)14-4-7)16-11(18)17-2-1-13-6-17/h1-6H,(H,14,15)(H,16,18). The van der Waals surface area contributed by atoms with Crippen LogP contribution in [0.3, 0.4) is 0 Å². The lowest BCUT2D eigenvalue weighted by atomic mass is 10.3. The van der Waals surface area contributed by atoms with Crippen LogP contribution >= 0.6 is 0 Å². The topological polar surface area (TPSA) is 75.6 Å². The number of rotatable bonds is 1. The van der Waals surface area contributed by atoms with Crippen LogP contribution in [0.2, 0.25) is 0 Å². The van der Waals surface area contributed by atoms with Crippen molar-refractivity contribution in [3.8, 4) is 0 Å². The number of nitrogens with zero attached hydrogens (tertiary/aromatic N) is 3. The quantitative estimate of drug-likeness (QED) is 0.688. The lowest BCUT2D eigenvalue weighted by molar-refractivity contribution is 0.253. The predicted octanol–water partition coefficient (Wildman–Crippen LogP) is 1.98. The van der Waals surface area contributed by atoms with Gasteiger partial charge in [0.1, 0.15) is 17.8 Å². The number of carbonyl (C=O) groups is 1. The predicted molar refractivity (Wildman–Crippen MR) is 62.7 cm³/mol. The fourth-order valence-electron chi connectivity index (χ4n) is 1.64. The van der Waals surface area contributed by atoms with E-state index in [0.29, 0.717) is 16.7 Å². The molecule has 0 aliphatic rings. The van der Waals surface area contributed by atoms with E-state index in [-0.39, 0.29) is 6.03 Å². The zero-order chi connectivity index (χ0) is 12.5. The highest BCUT2D eigenvalue weighted by atomic mass is 19.1. The van der Waals surface area contributed by atoms with Crippen LogP contribution in [-0.4, -0.2) is 25.6 Å². The summed E-state index contributed by atoms with van der Waals surface area (Å²) in [6, 6.07) is 0.931. The summed E-state index contributed by atoms with van der Waals surface area (Å²) in [6.45, 7) is 0. The van der Waals surface area contributed by atoms with Gasteiger partial charge in [-0.3, -0.25) is 4.57 Å². The van der Waals surface area contributed by atoms with Crippen molar-refractivity contribution in [2.45, 2.75) is 0 Å². The van der Waals surface area contributed by atoms with Crippen LogP contribution in [0.4, 0.5) is 14.9 Å². The molecular weight excluding hydrogens is 237 g/mol. The lowest BCUT2D eigenvalue weighted by Gasteiger charge is -2.03. The number of pyridine rings is 1. The van der Waals surface area contributed by atoms with Crippen molar-refractivity contribution in [3.63, 3.8) is 0 Å². The maximum Gasteiger partial charge on any atom is 0.331 e. The van der Waals surface area contributed by atoms with Gasteiger partial charge in [-0.05, 0) is 6.07 Å². The Bertz CT molecular complexity index is 703. The number of hydrogen-bond donors (Lipinski definition) is 2. The number of hydrogen-bond acceptors (Lipinski definition) is 3. The molecule has 0 bridgehead atoms. The number of aromatic nitrogens is 4. The fraction of sp³-hybridized carbons (Fsp3) is 0. The first-order chi connectivity index (χ1) is 8.74. The highest BCUT2D eigenvalue weighted by Gasteiger charge is 2.10. The van der Waals surface area contributed by atoms with Gasteiger partial charge in [0.15, 0.2) is 0 Å². The highest BCUT2D eigenvalue weighted by Crippen LogP contribution is 2.22. The highest BCUT2D eigenvalue weighted by molar-refractivity contribution is 6.00. The van der Waals surface area contributed by atoms with Crippen molar-refractivity contribution in [2.24, 2.45) is 0 Å². The first kappa shape index (κ1) is 10.5. The Hall–Kier alpha value is -2.70. The summed E-state index contributed by atoms with van der Waals surface area (Å²) in [5.41, 5.74) is 0.980. The second-order valence-corrected chi connectivity index (χ2v) is 3.65. The van der Waals surface area contributed by atoms with Crippen molar-refractivity contribution in [1.29, 1.82) is 0 Å². The molecular formula is C11H8FN5O. The largest absolute Gasteiger partial charge is 0.344 e. The molecule has 0 saturated heterocycles. The molecule has 7 heteroatoms. The average molecular weight is 245 g/mol. The van der Waals surface area contributed by atoms with Crippen LogP contribution in [-0.2, 0) is 0 Å². The molecule has 90 valence electrons. The van der Waals surface area contributed by atoms with E-state index >= 15 is 0 Å². The van der Waals surface area contributed by atoms with E-state index < -0.39 is 5.82 Å². The second-order valence-electron chi connectivity index (χ2n) is 3.65. The average Bonchev–Trinajstić information content (AvgIpc) is 2.99. The molecule has 6 nitrogen and oxygen atoms in total. The molecule has 0 spiro atoms. The minimum absolute atomic E-state index is 0.377. The van der Waals surface area contributed by atoms with Crippen LogP contribution in [0.5, 0.6) is 0 Å². The first-order valence-electron chi connectivity index (χ1n) is 5.16. The van der Waals surface area contributed by atoms with E-state index in [1.807, 2.05) is 0 Å². The Morgan fingerprint density at radius 2 is 2.39 bits per heavy atom. The van der Waals surface area contributed by atoms with Crippen molar-refractivity contribution in [2.75, 3.05) is 5.32 Å². The maximum atomic E-state index is 13.1. The third-order valence-electron chi connectivity index (χ3n) is 2.48. The molecule has 3 rings (SSSR count). The third kappa shape index (κ3) is 1.71. The monoisotopic (exact) mass is 245 g/mol. The Labute approximate surface area is 100 Å². The molecule has 1 amide bonds. The number of carbonyl (C=O) groups excluding carboxylic acids is 1. The Balaban J connectivity index is 1.95. The van der Waals surface area contributed by atoms with Crippen LogP contribution in [0, 0.1) is 5.82 Å². The number of aromatic amines is 1.